The second-order valence-corrected chi connectivity index (χ2v) is 7.65. The normalized spacial score (nSPS) is 10.4. The lowest BCUT2D eigenvalue weighted by Gasteiger charge is -2.21. The lowest BCUT2D eigenvalue weighted by Crippen LogP contribution is -2.40. The van der Waals surface area contributed by atoms with Crippen LogP contribution in [0, 0.1) is 12.3 Å². The smallest absolute Gasteiger partial charge is 0.334 e. The molecule has 34 heavy (non-hydrogen) atoms. The number of halogens is 1. The quantitative estimate of drug-likeness (QED) is 0.322. The van der Waals surface area contributed by atoms with E-state index in [1.54, 1.807) is 41.6 Å². The number of pyridine rings is 1. The fraction of sp³-hybridized carbons (Fsp3) is 0.120. The van der Waals surface area contributed by atoms with Crippen LogP contribution in [0.3, 0.4) is 0 Å². The fourth-order valence-corrected chi connectivity index (χ4v) is 2.98. The fourth-order valence-electron chi connectivity index (χ4n) is 2.87. The van der Waals surface area contributed by atoms with Crippen LogP contribution in [0.15, 0.2) is 65.9 Å². The topological polar surface area (TPSA) is 87.1 Å². The Kier molecular flexibility index (Phi) is 7.85. The van der Waals surface area contributed by atoms with Crippen LogP contribution in [0.25, 0.3) is 0 Å². The van der Waals surface area contributed by atoms with Crippen molar-refractivity contribution in [3.63, 3.8) is 0 Å². The first-order valence-corrected chi connectivity index (χ1v) is 10.4. The van der Waals surface area contributed by atoms with E-state index in [4.69, 9.17) is 22.8 Å². The molecule has 3 amide bonds. The van der Waals surface area contributed by atoms with Gasteiger partial charge in [-0.05, 0) is 48.0 Å². The Morgan fingerprint density at radius 2 is 1.88 bits per heavy atom. The minimum Gasteiger partial charge on any atom is -0.497 e. The summed E-state index contributed by atoms with van der Waals surface area (Å²) in [7, 11) is 5.09. The molecule has 172 valence electrons. The molecule has 0 saturated carbocycles. The molecule has 0 unspecified atom stereocenters. The van der Waals surface area contributed by atoms with E-state index >= 15 is 0 Å². The maximum atomic E-state index is 13.4. The zero-order valence-electron chi connectivity index (χ0n) is 18.8. The summed E-state index contributed by atoms with van der Waals surface area (Å²) in [5.74, 6) is 2.31. The zero-order chi connectivity index (χ0) is 24.7. The molecule has 0 aliphatic rings. The van der Waals surface area contributed by atoms with Crippen molar-refractivity contribution < 1.29 is 14.3 Å². The van der Waals surface area contributed by atoms with Gasteiger partial charge >= 0.3 is 6.03 Å². The highest BCUT2D eigenvalue weighted by molar-refractivity contribution is 6.30. The summed E-state index contributed by atoms with van der Waals surface area (Å²) in [5.41, 5.74) is 1.92. The summed E-state index contributed by atoms with van der Waals surface area (Å²) >= 11 is 5.94. The number of nitrogens with one attached hydrogen (secondary N) is 1. The van der Waals surface area contributed by atoms with Gasteiger partial charge in [0.05, 0.1) is 18.3 Å². The Morgan fingerprint density at radius 3 is 2.47 bits per heavy atom. The predicted molar refractivity (Wildman–Crippen MR) is 134 cm³/mol. The number of hydrogen-bond acceptors (Lipinski definition) is 6. The number of rotatable bonds is 6. The SMILES string of the molecule is C#Cc1cc(OC)cc(C(=O)N(C(=O)Nc2ccc(C=NN(C)C)cc2)c2ccc(Cl)cn2)c1. The van der Waals surface area contributed by atoms with E-state index in [2.05, 4.69) is 21.3 Å². The van der Waals surface area contributed by atoms with Crippen LogP contribution in [0.1, 0.15) is 21.5 Å². The maximum Gasteiger partial charge on any atom is 0.334 e. The van der Waals surface area contributed by atoms with E-state index in [-0.39, 0.29) is 11.4 Å². The van der Waals surface area contributed by atoms with Crippen LogP contribution in [0.2, 0.25) is 5.02 Å². The van der Waals surface area contributed by atoms with Crippen molar-refractivity contribution in [3.8, 4) is 18.1 Å². The van der Waals surface area contributed by atoms with Crippen molar-refractivity contribution >= 4 is 41.3 Å². The van der Waals surface area contributed by atoms with Crippen molar-refractivity contribution in [2.75, 3.05) is 31.4 Å². The van der Waals surface area contributed by atoms with E-state index in [0.717, 1.165) is 10.5 Å². The highest BCUT2D eigenvalue weighted by Crippen LogP contribution is 2.23. The highest BCUT2D eigenvalue weighted by atomic mass is 35.5. The van der Waals surface area contributed by atoms with Gasteiger partial charge in [-0.15, -0.1) is 6.42 Å². The highest BCUT2D eigenvalue weighted by Gasteiger charge is 2.27. The lowest BCUT2D eigenvalue weighted by molar-refractivity contribution is 0.0994. The molecule has 3 aromatic rings. The number of ether oxygens (including phenoxy) is 1. The Hall–Kier alpha value is -4.35. The Balaban J connectivity index is 1.94. The molecule has 0 aliphatic heterocycles. The van der Waals surface area contributed by atoms with E-state index in [1.807, 2.05) is 14.1 Å². The summed E-state index contributed by atoms with van der Waals surface area (Å²) < 4.78 is 5.24. The van der Waals surface area contributed by atoms with Gasteiger partial charge in [0.2, 0.25) is 0 Å². The molecule has 1 heterocycles. The van der Waals surface area contributed by atoms with Gasteiger partial charge in [0.25, 0.3) is 5.91 Å². The maximum absolute atomic E-state index is 13.4. The predicted octanol–water partition coefficient (Wildman–Crippen LogP) is 4.50. The van der Waals surface area contributed by atoms with Crippen molar-refractivity contribution in [1.82, 2.24) is 9.99 Å². The van der Waals surface area contributed by atoms with Gasteiger partial charge in [0, 0.05) is 37.1 Å². The molecule has 0 atom stereocenters. The Bertz CT molecular complexity index is 1250. The minimum absolute atomic E-state index is 0.0896. The number of nitrogens with zero attached hydrogens (tertiary/aromatic N) is 4. The monoisotopic (exact) mass is 475 g/mol. The number of anilines is 2. The van der Waals surface area contributed by atoms with Crippen LogP contribution in [0.4, 0.5) is 16.3 Å². The van der Waals surface area contributed by atoms with Gasteiger partial charge in [-0.3, -0.25) is 4.79 Å². The number of aromatic nitrogens is 1. The molecule has 0 radical (unpaired) electrons. The Labute approximate surface area is 202 Å². The third kappa shape index (κ3) is 6.12. The summed E-state index contributed by atoms with van der Waals surface area (Å²) in [6.07, 6.45) is 8.54. The number of urea groups is 1. The first-order valence-electron chi connectivity index (χ1n) is 10.0. The number of amides is 3. The van der Waals surface area contributed by atoms with Crippen molar-refractivity contribution in [1.29, 1.82) is 0 Å². The molecule has 0 fully saturated rings. The van der Waals surface area contributed by atoms with E-state index in [9.17, 15) is 9.59 Å². The number of methoxy groups -OCH3 is 1. The average molecular weight is 476 g/mol. The largest absolute Gasteiger partial charge is 0.497 e. The lowest BCUT2D eigenvalue weighted by atomic mass is 10.1. The zero-order valence-corrected chi connectivity index (χ0v) is 19.6. The molecule has 0 spiro atoms. The summed E-state index contributed by atoms with van der Waals surface area (Å²) in [6.45, 7) is 0. The van der Waals surface area contributed by atoms with Crippen molar-refractivity contribution in [2.45, 2.75) is 0 Å². The van der Waals surface area contributed by atoms with E-state index in [1.165, 1.54) is 37.6 Å². The standard InChI is InChI=1S/C25H22ClN5O3/c1-5-17-12-19(14-22(13-17)34-4)24(32)31(23-11-8-20(26)16-27-23)25(33)29-21-9-6-18(7-10-21)15-28-30(2)3/h1,6-16H,2-4H3,(H,29,33). The molecule has 1 N–H and O–H groups in total. The summed E-state index contributed by atoms with van der Waals surface area (Å²) in [5, 5.41) is 8.92. The van der Waals surface area contributed by atoms with Crippen LogP contribution in [0.5, 0.6) is 5.75 Å². The van der Waals surface area contributed by atoms with Gasteiger partial charge < -0.3 is 15.1 Å². The number of carbonyl (C=O) groups excluding carboxylic acids is 2. The van der Waals surface area contributed by atoms with Crippen LogP contribution < -0.4 is 15.0 Å². The van der Waals surface area contributed by atoms with Crippen LogP contribution in [-0.4, -0.2) is 49.4 Å². The number of hydrogen-bond donors (Lipinski definition) is 1. The first-order chi connectivity index (χ1) is 16.3. The van der Waals surface area contributed by atoms with Gasteiger partial charge in [0.15, 0.2) is 0 Å². The molecule has 2 aromatic carbocycles. The number of benzene rings is 2. The summed E-state index contributed by atoms with van der Waals surface area (Å²) in [4.78, 5) is 31.7. The third-order valence-electron chi connectivity index (χ3n) is 4.50. The molecular weight excluding hydrogens is 454 g/mol. The molecule has 0 bridgehead atoms. The molecular formula is C25H22ClN5O3. The number of terminal acetylenes is 1. The number of carbonyl (C=O) groups is 2. The molecule has 3 rings (SSSR count). The first kappa shape index (κ1) is 24.3. The van der Waals surface area contributed by atoms with Crippen LogP contribution in [-0.2, 0) is 0 Å². The molecule has 0 aliphatic carbocycles. The molecule has 0 saturated heterocycles. The number of hydrazone groups is 1. The van der Waals surface area contributed by atoms with Gasteiger partial charge in [0.1, 0.15) is 11.6 Å². The van der Waals surface area contributed by atoms with Crippen molar-refractivity contribution in [2.24, 2.45) is 5.10 Å². The third-order valence-corrected chi connectivity index (χ3v) is 4.73. The summed E-state index contributed by atoms with van der Waals surface area (Å²) in [6, 6.07) is 13.9. The molecule has 9 heteroatoms. The van der Waals surface area contributed by atoms with Gasteiger partial charge in [-0.1, -0.05) is 29.7 Å². The van der Waals surface area contributed by atoms with Gasteiger partial charge in [-0.25, -0.2) is 14.7 Å². The molecule has 8 nitrogen and oxygen atoms in total. The average Bonchev–Trinajstić information content (AvgIpc) is 2.84. The second-order valence-electron chi connectivity index (χ2n) is 7.21. The van der Waals surface area contributed by atoms with Crippen LogP contribution >= 0.6 is 11.6 Å². The second kappa shape index (κ2) is 11.0. The van der Waals surface area contributed by atoms with E-state index in [0.29, 0.717) is 22.0 Å². The van der Waals surface area contributed by atoms with E-state index < -0.39 is 11.9 Å². The Morgan fingerprint density at radius 1 is 1.15 bits per heavy atom. The van der Waals surface area contributed by atoms with Gasteiger partial charge in [-0.2, -0.15) is 5.10 Å². The number of imide groups is 1. The minimum atomic E-state index is -0.709. The molecule has 1 aromatic heterocycles. The van der Waals surface area contributed by atoms with Crippen molar-refractivity contribution in [3.05, 3.63) is 82.5 Å².